The number of hydrogen-bond acceptors (Lipinski definition) is 3. The quantitative estimate of drug-likeness (QED) is 0.739. The van der Waals surface area contributed by atoms with Crippen LogP contribution in [0.5, 0.6) is 5.88 Å². The lowest BCUT2D eigenvalue weighted by atomic mass is 9.85. The Labute approximate surface area is 160 Å². The van der Waals surface area contributed by atoms with Crippen molar-refractivity contribution in [2.45, 2.75) is 38.6 Å². The van der Waals surface area contributed by atoms with Crippen molar-refractivity contribution in [3.63, 3.8) is 0 Å². The van der Waals surface area contributed by atoms with Gasteiger partial charge in [0.05, 0.1) is 13.2 Å². The Morgan fingerprint density at radius 1 is 1.19 bits per heavy atom. The van der Waals surface area contributed by atoms with Gasteiger partial charge in [0.25, 0.3) is 0 Å². The molecule has 5 heteroatoms. The fraction of sp³-hybridized carbons (Fsp3) is 0.429. The van der Waals surface area contributed by atoms with Crippen LogP contribution in [0.15, 0.2) is 42.5 Å². The number of hydrogen-bond donors (Lipinski definition) is 0. The molecule has 1 saturated heterocycles. The van der Waals surface area contributed by atoms with Crippen molar-refractivity contribution >= 4 is 17.5 Å². The van der Waals surface area contributed by atoms with Crippen molar-refractivity contribution in [2.24, 2.45) is 5.92 Å². The minimum atomic E-state index is -0.0234. The smallest absolute Gasteiger partial charge is 0.226 e. The van der Waals surface area contributed by atoms with Gasteiger partial charge in [0, 0.05) is 35.7 Å². The summed E-state index contributed by atoms with van der Waals surface area (Å²) in [4.78, 5) is 19.7. The molecule has 1 fully saturated rings. The fourth-order valence-electron chi connectivity index (χ4n) is 3.69. The topological polar surface area (TPSA) is 42.4 Å². The summed E-state index contributed by atoms with van der Waals surface area (Å²) < 4.78 is 5.20. The van der Waals surface area contributed by atoms with Crippen molar-refractivity contribution < 1.29 is 9.53 Å². The highest BCUT2D eigenvalue weighted by Crippen LogP contribution is 2.36. The van der Waals surface area contributed by atoms with E-state index >= 15 is 0 Å². The first kappa shape index (κ1) is 18.7. The summed E-state index contributed by atoms with van der Waals surface area (Å²) in [7, 11) is 1.61. The monoisotopic (exact) mass is 372 g/mol. The summed E-state index contributed by atoms with van der Waals surface area (Å²) in [5.41, 5.74) is 2.07. The second-order valence-corrected chi connectivity index (χ2v) is 7.19. The fourth-order valence-corrected chi connectivity index (χ4v) is 3.82. The van der Waals surface area contributed by atoms with E-state index in [-0.39, 0.29) is 17.9 Å². The third-order valence-electron chi connectivity index (χ3n) is 4.96. The largest absolute Gasteiger partial charge is 0.481 e. The summed E-state index contributed by atoms with van der Waals surface area (Å²) in [5, 5.41) is 0.722. The number of amides is 1. The van der Waals surface area contributed by atoms with Crippen molar-refractivity contribution in [3.8, 4) is 5.88 Å². The van der Waals surface area contributed by atoms with Crippen LogP contribution >= 0.6 is 11.6 Å². The number of nitrogens with zero attached hydrogens (tertiary/aromatic N) is 2. The Balaban J connectivity index is 1.77. The number of carbonyl (C=O) groups is 1. The maximum absolute atomic E-state index is 13.2. The molecule has 2 atom stereocenters. The molecule has 4 nitrogen and oxygen atoms in total. The van der Waals surface area contributed by atoms with Gasteiger partial charge >= 0.3 is 0 Å². The first-order chi connectivity index (χ1) is 12.6. The summed E-state index contributed by atoms with van der Waals surface area (Å²) >= 11 is 6.02. The van der Waals surface area contributed by atoms with Crippen molar-refractivity contribution in [3.05, 3.63) is 58.7 Å². The van der Waals surface area contributed by atoms with Gasteiger partial charge in [-0.05, 0) is 43.0 Å². The third-order valence-corrected chi connectivity index (χ3v) is 5.21. The lowest BCUT2D eigenvalue weighted by molar-refractivity contribution is -0.142. The predicted molar refractivity (Wildman–Crippen MR) is 103 cm³/mol. The standard InChI is InChI=1S/C21H25ClN2O2/c1-3-13-24-19(15-7-10-17(22)11-8-15)12-9-16(21(24)25)14-18-5-4-6-20(23-18)26-2/h4-8,10-11,16,19H,3,9,12-14H2,1-2H3/t16-,19?/m1/s1. The average Bonchev–Trinajstić information content (AvgIpc) is 2.66. The number of benzene rings is 1. The highest BCUT2D eigenvalue weighted by molar-refractivity contribution is 6.30. The number of carbonyl (C=O) groups excluding carboxylic acids is 1. The minimum absolute atomic E-state index is 0.0234. The highest BCUT2D eigenvalue weighted by atomic mass is 35.5. The van der Waals surface area contributed by atoms with E-state index in [0.29, 0.717) is 12.3 Å². The van der Waals surface area contributed by atoms with E-state index < -0.39 is 0 Å². The van der Waals surface area contributed by atoms with Gasteiger partial charge in [0.1, 0.15) is 0 Å². The molecule has 0 spiro atoms. The molecule has 1 amide bonds. The van der Waals surface area contributed by atoms with Gasteiger partial charge in [0.15, 0.2) is 0 Å². The van der Waals surface area contributed by atoms with Gasteiger partial charge in [-0.1, -0.05) is 36.7 Å². The van der Waals surface area contributed by atoms with Gasteiger partial charge in [-0.2, -0.15) is 0 Å². The zero-order chi connectivity index (χ0) is 18.5. The molecule has 1 unspecified atom stereocenters. The number of piperidine rings is 1. The molecule has 1 aliphatic heterocycles. The molecule has 0 aliphatic carbocycles. The van der Waals surface area contributed by atoms with E-state index in [1.54, 1.807) is 7.11 Å². The molecular weight excluding hydrogens is 348 g/mol. The number of aromatic nitrogens is 1. The summed E-state index contributed by atoms with van der Waals surface area (Å²) in [5.74, 6) is 0.794. The second-order valence-electron chi connectivity index (χ2n) is 6.75. The summed E-state index contributed by atoms with van der Waals surface area (Å²) in [6.45, 7) is 2.88. The van der Waals surface area contributed by atoms with Crippen LogP contribution in [0.3, 0.4) is 0 Å². The number of methoxy groups -OCH3 is 1. The molecule has 1 aromatic carbocycles. The molecule has 0 N–H and O–H groups in total. The molecule has 1 aromatic heterocycles. The number of halogens is 1. The zero-order valence-electron chi connectivity index (χ0n) is 15.3. The van der Waals surface area contributed by atoms with Crippen LogP contribution in [0.25, 0.3) is 0 Å². The van der Waals surface area contributed by atoms with E-state index in [4.69, 9.17) is 16.3 Å². The number of likely N-dealkylation sites (tertiary alicyclic amines) is 1. The molecule has 138 valence electrons. The van der Waals surface area contributed by atoms with E-state index in [9.17, 15) is 4.79 Å². The van der Waals surface area contributed by atoms with E-state index in [2.05, 4.69) is 11.9 Å². The normalized spacial score (nSPS) is 20.3. The van der Waals surface area contributed by atoms with Crippen LogP contribution in [0.2, 0.25) is 5.02 Å². The molecule has 3 rings (SSSR count). The molecule has 0 radical (unpaired) electrons. The summed E-state index contributed by atoms with van der Waals surface area (Å²) in [6, 6.07) is 13.7. The van der Waals surface area contributed by atoms with Crippen molar-refractivity contribution in [1.29, 1.82) is 0 Å². The highest BCUT2D eigenvalue weighted by Gasteiger charge is 2.35. The summed E-state index contributed by atoms with van der Waals surface area (Å²) in [6.07, 6.45) is 3.43. The molecule has 0 bridgehead atoms. The molecule has 0 saturated carbocycles. The van der Waals surface area contributed by atoms with Crippen LogP contribution in [-0.2, 0) is 11.2 Å². The SMILES string of the molecule is CCCN1C(=O)[C@@H](Cc2cccc(OC)n2)CCC1c1ccc(Cl)cc1. The van der Waals surface area contributed by atoms with E-state index in [1.165, 1.54) is 0 Å². The van der Waals surface area contributed by atoms with Gasteiger partial charge in [-0.25, -0.2) is 4.98 Å². The van der Waals surface area contributed by atoms with Gasteiger partial charge in [-0.3, -0.25) is 4.79 Å². The molecule has 1 aliphatic rings. The Bertz CT molecular complexity index is 748. The second kappa shape index (κ2) is 8.54. The zero-order valence-corrected chi connectivity index (χ0v) is 16.1. The van der Waals surface area contributed by atoms with Crippen LogP contribution in [0.1, 0.15) is 43.5 Å². The third kappa shape index (κ3) is 4.18. The van der Waals surface area contributed by atoms with Crippen LogP contribution < -0.4 is 4.74 Å². The Hall–Kier alpha value is -2.07. The molecular formula is C21H25ClN2O2. The van der Waals surface area contributed by atoms with Crippen LogP contribution in [-0.4, -0.2) is 29.4 Å². The molecule has 26 heavy (non-hydrogen) atoms. The van der Waals surface area contributed by atoms with Crippen LogP contribution in [0.4, 0.5) is 0 Å². The van der Waals surface area contributed by atoms with Crippen molar-refractivity contribution in [2.75, 3.05) is 13.7 Å². The lowest BCUT2D eigenvalue weighted by Gasteiger charge is -2.39. The number of rotatable bonds is 6. The predicted octanol–water partition coefficient (Wildman–Crippen LogP) is 4.68. The number of ether oxygens (including phenoxy) is 1. The maximum atomic E-state index is 13.2. The van der Waals surface area contributed by atoms with E-state index in [1.807, 2.05) is 47.4 Å². The Morgan fingerprint density at radius 2 is 1.96 bits per heavy atom. The van der Waals surface area contributed by atoms with Crippen LogP contribution in [0, 0.1) is 5.92 Å². The maximum Gasteiger partial charge on any atom is 0.226 e. The first-order valence-corrected chi connectivity index (χ1v) is 9.56. The average molecular weight is 373 g/mol. The minimum Gasteiger partial charge on any atom is -0.481 e. The van der Waals surface area contributed by atoms with E-state index in [0.717, 1.165) is 42.1 Å². The van der Waals surface area contributed by atoms with Gasteiger partial charge < -0.3 is 9.64 Å². The lowest BCUT2D eigenvalue weighted by Crippen LogP contribution is -2.44. The molecule has 2 heterocycles. The Kier molecular flexibility index (Phi) is 6.15. The van der Waals surface area contributed by atoms with Gasteiger partial charge in [-0.15, -0.1) is 0 Å². The van der Waals surface area contributed by atoms with Crippen molar-refractivity contribution in [1.82, 2.24) is 9.88 Å². The Morgan fingerprint density at radius 3 is 2.65 bits per heavy atom. The first-order valence-electron chi connectivity index (χ1n) is 9.18. The number of pyridine rings is 1. The molecule has 2 aromatic rings. The van der Waals surface area contributed by atoms with Gasteiger partial charge in [0.2, 0.25) is 11.8 Å².